The number of ether oxygens (including phenoxy) is 4. The summed E-state index contributed by atoms with van der Waals surface area (Å²) in [5, 5.41) is 8.69. The molecular formula is C15H33NO5. The molecule has 0 aliphatic carbocycles. The molecule has 6 nitrogen and oxygen atoms in total. The van der Waals surface area contributed by atoms with Crippen molar-refractivity contribution in [3.05, 3.63) is 0 Å². The topological polar surface area (TPSA) is 60.4 Å². The number of methoxy groups -OCH3 is 2. The van der Waals surface area contributed by atoms with Crippen LogP contribution >= 0.6 is 0 Å². The van der Waals surface area contributed by atoms with E-state index >= 15 is 0 Å². The van der Waals surface area contributed by atoms with Crippen LogP contribution in [-0.2, 0) is 18.9 Å². The molecule has 0 unspecified atom stereocenters. The number of hydrogen-bond acceptors (Lipinski definition) is 6. The van der Waals surface area contributed by atoms with Crippen LogP contribution in [0.25, 0.3) is 0 Å². The van der Waals surface area contributed by atoms with Gasteiger partial charge in [0.25, 0.3) is 0 Å². The van der Waals surface area contributed by atoms with Crippen molar-refractivity contribution in [2.75, 3.05) is 80.1 Å². The van der Waals surface area contributed by atoms with E-state index in [1.165, 1.54) is 0 Å². The number of nitrogens with zero attached hydrogens (tertiary/aromatic N) is 1. The lowest BCUT2D eigenvalue weighted by atomic mass is 10.4. The lowest BCUT2D eigenvalue weighted by molar-refractivity contribution is 0.0595. The Bertz CT molecular complexity index is 195. The van der Waals surface area contributed by atoms with Crippen molar-refractivity contribution in [2.24, 2.45) is 0 Å². The van der Waals surface area contributed by atoms with Crippen LogP contribution in [0.1, 0.15) is 19.3 Å². The predicted molar refractivity (Wildman–Crippen MR) is 82.8 cm³/mol. The summed E-state index contributed by atoms with van der Waals surface area (Å²) in [6, 6.07) is 0. The summed E-state index contributed by atoms with van der Waals surface area (Å²) in [5.74, 6) is 0. The lowest BCUT2D eigenvalue weighted by Crippen LogP contribution is -2.32. The standard InChI is InChI=1S/C15H33NO5/c1-18-10-3-6-16(7-14-20-12-4-9-17)8-15-21-13-5-11-19-2/h17H,3-15H2,1-2H3. The monoisotopic (exact) mass is 307 g/mol. The van der Waals surface area contributed by atoms with E-state index in [1.54, 1.807) is 14.2 Å². The molecule has 0 aromatic rings. The van der Waals surface area contributed by atoms with Crippen LogP contribution in [-0.4, -0.2) is 90.1 Å². The molecule has 0 saturated carbocycles. The maximum atomic E-state index is 8.69. The Morgan fingerprint density at radius 1 is 0.667 bits per heavy atom. The van der Waals surface area contributed by atoms with Crippen molar-refractivity contribution in [1.29, 1.82) is 0 Å². The Labute approximate surface area is 129 Å². The molecule has 0 spiro atoms. The van der Waals surface area contributed by atoms with Crippen molar-refractivity contribution in [3.63, 3.8) is 0 Å². The highest BCUT2D eigenvalue weighted by Crippen LogP contribution is 1.95. The zero-order valence-corrected chi connectivity index (χ0v) is 13.7. The van der Waals surface area contributed by atoms with E-state index in [2.05, 4.69) is 4.90 Å². The lowest BCUT2D eigenvalue weighted by Gasteiger charge is -2.22. The first-order valence-corrected chi connectivity index (χ1v) is 7.81. The minimum absolute atomic E-state index is 0.187. The third-order valence-corrected chi connectivity index (χ3v) is 3.01. The number of aliphatic hydroxyl groups is 1. The van der Waals surface area contributed by atoms with Gasteiger partial charge in [-0.3, -0.25) is 4.90 Å². The van der Waals surface area contributed by atoms with E-state index < -0.39 is 0 Å². The van der Waals surface area contributed by atoms with Gasteiger partial charge in [0.05, 0.1) is 13.2 Å². The predicted octanol–water partition coefficient (Wildman–Crippen LogP) is 0.777. The van der Waals surface area contributed by atoms with Crippen LogP contribution in [0.4, 0.5) is 0 Å². The van der Waals surface area contributed by atoms with E-state index in [0.29, 0.717) is 19.6 Å². The Morgan fingerprint density at radius 3 is 1.81 bits per heavy atom. The summed E-state index contributed by atoms with van der Waals surface area (Å²) in [6.07, 6.45) is 2.65. The SMILES string of the molecule is COCCCOCCN(CCCOC)CCOCCCO. The maximum absolute atomic E-state index is 8.69. The molecule has 0 amide bonds. The van der Waals surface area contributed by atoms with Crippen molar-refractivity contribution < 1.29 is 24.1 Å². The molecule has 0 rings (SSSR count). The average molecular weight is 307 g/mol. The van der Waals surface area contributed by atoms with Crippen LogP contribution < -0.4 is 0 Å². The molecule has 0 radical (unpaired) electrons. The molecule has 0 aliphatic rings. The molecule has 0 aliphatic heterocycles. The fourth-order valence-electron chi connectivity index (χ4n) is 1.83. The first kappa shape index (κ1) is 20.8. The van der Waals surface area contributed by atoms with Crippen molar-refractivity contribution in [1.82, 2.24) is 4.90 Å². The molecule has 0 bridgehead atoms. The highest BCUT2D eigenvalue weighted by molar-refractivity contribution is 4.57. The summed E-state index contributed by atoms with van der Waals surface area (Å²) in [4.78, 5) is 2.33. The smallest absolute Gasteiger partial charge is 0.0593 e. The van der Waals surface area contributed by atoms with E-state index in [0.717, 1.165) is 58.9 Å². The van der Waals surface area contributed by atoms with Crippen LogP contribution in [0.5, 0.6) is 0 Å². The van der Waals surface area contributed by atoms with Gasteiger partial charge in [-0.15, -0.1) is 0 Å². The van der Waals surface area contributed by atoms with Crippen LogP contribution in [0.15, 0.2) is 0 Å². The van der Waals surface area contributed by atoms with Gasteiger partial charge in [0, 0.05) is 66.9 Å². The minimum Gasteiger partial charge on any atom is -0.396 e. The van der Waals surface area contributed by atoms with Crippen LogP contribution in [0.2, 0.25) is 0 Å². The molecule has 1 N–H and O–H groups in total. The van der Waals surface area contributed by atoms with Crippen molar-refractivity contribution in [2.45, 2.75) is 19.3 Å². The second-order valence-electron chi connectivity index (χ2n) is 4.84. The number of aliphatic hydroxyl groups excluding tert-OH is 1. The van der Waals surface area contributed by atoms with Gasteiger partial charge in [0.1, 0.15) is 0 Å². The second kappa shape index (κ2) is 17.8. The van der Waals surface area contributed by atoms with Gasteiger partial charge in [-0.1, -0.05) is 0 Å². The fraction of sp³-hybridized carbons (Fsp3) is 1.00. The van der Waals surface area contributed by atoms with Gasteiger partial charge in [-0.25, -0.2) is 0 Å². The Morgan fingerprint density at radius 2 is 1.24 bits per heavy atom. The third kappa shape index (κ3) is 16.0. The highest BCUT2D eigenvalue weighted by atomic mass is 16.5. The first-order chi connectivity index (χ1) is 10.3. The highest BCUT2D eigenvalue weighted by Gasteiger charge is 2.05. The van der Waals surface area contributed by atoms with Crippen LogP contribution in [0, 0.1) is 0 Å². The maximum Gasteiger partial charge on any atom is 0.0593 e. The number of rotatable bonds is 17. The molecular weight excluding hydrogens is 274 g/mol. The molecule has 0 aromatic carbocycles. The van der Waals surface area contributed by atoms with Gasteiger partial charge in [0.2, 0.25) is 0 Å². The van der Waals surface area contributed by atoms with Gasteiger partial charge < -0.3 is 24.1 Å². The van der Waals surface area contributed by atoms with E-state index in [4.69, 9.17) is 24.1 Å². The first-order valence-electron chi connectivity index (χ1n) is 7.81. The van der Waals surface area contributed by atoms with Crippen molar-refractivity contribution >= 4 is 0 Å². The molecule has 21 heavy (non-hydrogen) atoms. The van der Waals surface area contributed by atoms with Gasteiger partial charge in [0.15, 0.2) is 0 Å². The molecule has 0 heterocycles. The second-order valence-corrected chi connectivity index (χ2v) is 4.84. The molecule has 0 saturated heterocycles. The van der Waals surface area contributed by atoms with E-state index in [1.807, 2.05) is 0 Å². The largest absolute Gasteiger partial charge is 0.396 e. The number of hydrogen-bond donors (Lipinski definition) is 1. The quantitative estimate of drug-likeness (QED) is 0.401. The summed E-state index contributed by atoms with van der Waals surface area (Å²) in [6.45, 7) is 7.27. The molecule has 0 atom stereocenters. The van der Waals surface area contributed by atoms with E-state index in [9.17, 15) is 0 Å². The normalized spacial score (nSPS) is 11.4. The average Bonchev–Trinajstić information content (AvgIpc) is 2.50. The summed E-state index contributed by atoms with van der Waals surface area (Å²) in [7, 11) is 3.43. The molecule has 0 aromatic heterocycles. The Kier molecular flexibility index (Phi) is 17.6. The van der Waals surface area contributed by atoms with Gasteiger partial charge in [-0.05, 0) is 19.3 Å². The molecule has 128 valence electrons. The zero-order chi connectivity index (χ0) is 15.6. The Balaban J connectivity index is 3.64. The third-order valence-electron chi connectivity index (χ3n) is 3.01. The Hall–Kier alpha value is -0.240. The molecule has 0 fully saturated rings. The molecule has 6 heteroatoms. The van der Waals surface area contributed by atoms with E-state index in [-0.39, 0.29) is 6.61 Å². The fourth-order valence-corrected chi connectivity index (χ4v) is 1.83. The summed E-state index contributed by atoms with van der Waals surface area (Å²) in [5.41, 5.74) is 0. The van der Waals surface area contributed by atoms with Gasteiger partial charge in [-0.2, -0.15) is 0 Å². The zero-order valence-electron chi connectivity index (χ0n) is 13.7. The minimum atomic E-state index is 0.187. The van der Waals surface area contributed by atoms with Gasteiger partial charge >= 0.3 is 0 Å². The summed E-state index contributed by atoms with van der Waals surface area (Å²) < 4.78 is 21.1. The van der Waals surface area contributed by atoms with Crippen LogP contribution in [0.3, 0.4) is 0 Å². The van der Waals surface area contributed by atoms with Crippen molar-refractivity contribution in [3.8, 4) is 0 Å². The summed E-state index contributed by atoms with van der Waals surface area (Å²) >= 11 is 0.